The van der Waals surface area contributed by atoms with Gasteiger partial charge in [0.05, 0.1) is 0 Å². The van der Waals surface area contributed by atoms with Gasteiger partial charge in [0, 0.05) is 22.5 Å². The minimum absolute atomic E-state index is 0.161. The van der Waals surface area contributed by atoms with Crippen molar-refractivity contribution < 1.29 is 9.59 Å². The van der Waals surface area contributed by atoms with Crippen molar-refractivity contribution in [2.45, 2.75) is 26.7 Å². The summed E-state index contributed by atoms with van der Waals surface area (Å²) in [6.07, 6.45) is 0. The van der Waals surface area contributed by atoms with Gasteiger partial charge in [-0.15, -0.1) is 0 Å². The van der Waals surface area contributed by atoms with Crippen molar-refractivity contribution in [3.05, 3.63) is 95.1 Å². The van der Waals surface area contributed by atoms with Gasteiger partial charge in [-0.2, -0.15) is 0 Å². The van der Waals surface area contributed by atoms with E-state index in [2.05, 4.69) is 29.8 Å². The number of aryl methyl sites for hydroxylation is 1. The van der Waals surface area contributed by atoms with Crippen molar-refractivity contribution in [1.82, 2.24) is 5.32 Å². The summed E-state index contributed by atoms with van der Waals surface area (Å²) in [6, 6.07) is 22.0. The SMILES string of the molecule is Cc1cccc(NC(=O)c2cccc(NC(=S)NC(=O)c3ccc(C(C)C)cc3)c2)c1. The molecule has 3 aromatic rings. The molecule has 158 valence electrons. The number of anilines is 2. The second-order valence-corrected chi connectivity index (χ2v) is 8.00. The quantitative estimate of drug-likeness (QED) is 0.467. The molecule has 2 amide bonds. The van der Waals surface area contributed by atoms with Gasteiger partial charge in [-0.1, -0.05) is 44.2 Å². The van der Waals surface area contributed by atoms with E-state index in [1.54, 1.807) is 36.4 Å². The molecule has 5 nitrogen and oxygen atoms in total. The molecule has 0 aromatic heterocycles. The molecule has 0 fully saturated rings. The molecule has 0 heterocycles. The summed E-state index contributed by atoms with van der Waals surface area (Å²) >= 11 is 5.26. The maximum atomic E-state index is 12.6. The molecule has 0 saturated heterocycles. The van der Waals surface area contributed by atoms with Crippen LogP contribution in [0.1, 0.15) is 51.6 Å². The number of hydrogen-bond donors (Lipinski definition) is 3. The third kappa shape index (κ3) is 6.23. The van der Waals surface area contributed by atoms with Gasteiger partial charge in [0.15, 0.2) is 5.11 Å². The first-order valence-corrected chi connectivity index (χ1v) is 10.4. The zero-order valence-electron chi connectivity index (χ0n) is 17.7. The molecule has 0 aliphatic rings. The molecule has 0 radical (unpaired) electrons. The fourth-order valence-electron chi connectivity index (χ4n) is 3.02. The number of benzene rings is 3. The summed E-state index contributed by atoms with van der Waals surface area (Å²) in [5, 5.41) is 8.67. The Kier molecular flexibility index (Phi) is 7.15. The first-order chi connectivity index (χ1) is 14.8. The summed E-state index contributed by atoms with van der Waals surface area (Å²) < 4.78 is 0. The summed E-state index contributed by atoms with van der Waals surface area (Å²) in [6.45, 7) is 6.17. The lowest BCUT2D eigenvalue weighted by molar-refractivity contribution is 0.0976. The van der Waals surface area contributed by atoms with Crippen LogP contribution in [0.4, 0.5) is 11.4 Å². The van der Waals surface area contributed by atoms with Crippen molar-refractivity contribution in [1.29, 1.82) is 0 Å². The van der Waals surface area contributed by atoms with E-state index >= 15 is 0 Å². The molecule has 31 heavy (non-hydrogen) atoms. The second kappa shape index (κ2) is 10.00. The van der Waals surface area contributed by atoms with E-state index in [1.807, 2.05) is 43.3 Å². The molecule has 3 rings (SSSR count). The van der Waals surface area contributed by atoms with E-state index in [4.69, 9.17) is 12.2 Å². The zero-order chi connectivity index (χ0) is 22.4. The zero-order valence-corrected chi connectivity index (χ0v) is 18.5. The molecule has 0 saturated carbocycles. The second-order valence-electron chi connectivity index (χ2n) is 7.59. The average molecular weight is 432 g/mol. The van der Waals surface area contributed by atoms with Crippen LogP contribution >= 0.6 is 12.2 Å². The topological polar surface area (TPSA) is 70.2 Å². The first-order valence-electron chi connectivity index (χ1n) is 10.0. The molecule has 0 atom stereocenters. The van der Waals surface area contributed by atoms with Crippen molar-refractivity contribution in [3.8, 4) is 0 Å². The molecule has 6 heteroatoms. The van der Waals surface area contributed by atoms with Crippen LogP contribution in [0.3, 0.4) is 0 Å². The van der Waals surface area contributed by atoms with Gasteiger partial charge in [-0.25, -0.2) is 0 Å². The van der Waals surface area contributed by atoms with Crippen LogP contribution in [0.5, 0.6) is 0 Å². The maximum absolute atomic E-state index is 12.6. The Morgan fingerprint density at radius 2 is 1.42 bits per heavy atom. The summed E-state index contributed by atoms with van der Waals surface area (Å²) in [5.41, 5.74) is 4.57. The lowest BCUT2D eigenvalue weighted by atomic mass is 10.0. The Labute approximate surface area is 187 Å². The summed E-state index contributed by atoms with van der Waals surface area (Å²) in [7, 11) is 0. The number of carbonyl (C=O) groups is 2. The standard InChI is InChI=1S/C25H25N3O2S/c1-16(2)18-10-12-19(13-11-18)23(29)28-25(31)27-22-9-5-7-20(15-22)24(30)26-21-8-4-6-17(3)14-21/h4-16H,1-3H3,(H,26,30)(H2,27,28,29,31). The molecular weight excluding hydrogens is 406 g/mol. The molecule has 0 unspecified atom stereocenters. The van der Waals surface area contributed by atoms with Gasteiger partial charge in [0.25, 0.3) is 11.8 Å². The number of carbonyl (C=O) groups excluding carboxylic acids is 2. The minimum Gasteiger partial charge on any atom is -0.332 e. The van der Waals surface area contributed by atoms with E-state index in [-0.39, 0.29) is 16.9 Å². The predicted molar refractivity (Wildman–Crippen MR) is 130 cm³/mol. The Morgan fingerprint density at radius 1 is 0.774 bits per heavy atom. The lowest BCUT2D eigenvalue weighted by Gasteiger charge is -2.12. The number of hydrogen-bond acceptors (Lipinski definition) is 3. The smallest absolute Gasteiger partial charge is 0.257 e. The number of rotatable bonds is 5. The Bertz CT molecular complexity index is 1110. The largest absolute Gasteiger partial charge is 0.332 e. The predicted octanol–water partition coefficient (Wildman–Crippen LogP) is 5.50. The highest BCUT2D eigenvalue weighted by Gasteiger charge is 2.11. The molecule has 0 bridgehead atoms. The maximum Gasteiger partial charge on any atom is 0.257 e. The van der Waals surface area contributed by atoms with Crippen LogP contribution in [0, 0.1) is 6.92 Å². The Morgan fingerprint density at radius 3 is 2.06 bits per heavy atom. The van der Waals surface area contributed by atoms with Crippen molar-refractivity contribution in [3.63, 3.8) is 0 Å². The van der Waals surface area contributed by atoms with Gasteiger partial charge in [-0.05, 0) is 78.7 Å². The van der Waals surface area contributed by atoms with Gasteiger partial charge in [0.2, 0.25) is 0 Å². The van der Waals surface area contributed by atoms with E-state index in [0.717, 1.165) is 16.8 Å². The molecule has 3 N–H and O–H groups in total. The fourth-order valence-corrected chi connectivity index (χ4v) is 3.23. The normalized spacial score (nSPS) is 10.5. The molecular formula is C25H25N3O2S. The van der Waals surface area contributed by atoms with E-state index < -0.39 is 0 Å². The number of amides is 2. The molecule has 0 aliphatic heterocycles. The molecule has 0 spiro atoms. The van der Waals surface area contributed by atoms with Gasteiger partial charge < -0.3 is 10.6 Å². The van der Waals surface area contributed by atoms with Crippen LogP contribution in [0.15, 0.2) is 72.8 Å². The summed E-state index contributed by atoms with van der Waals surface area (Å²) in [5.74, 6) is -0.120. The van der Waals surface area contributed by atoms with Crippen LogP contribution in [0.2, 0.25) is 0 Å². The monoisotopic (exact) mass is 431 g/mol. The number of nitrogens with one attached hydrogen (secondary N) is 3. The third-order valence-electron chi connectivity index (χ3n) is 4.73. The molecule has 3 aromatic carbocycles. The lowest BCUT2D eigenvalue weighted by Crippen LogP contribution is -2.34. The van der Waals surface area contributed by atoms with Crippen LogP contribution in [-0.2, 0) is 0 Å². The van der Waals surface area contributed by atoms with Crippen molar-refractivity contribution in [2.24, 2.45) is 0 Å². The van der Waals surface area contributed by atoms with Gasteiger partial charge in [-0.3, -0.25) is 14.9 Å². The highest BCUT2D eigenvalue weighted by molar-refractivity contribution is 7.80. The fraction of sp³-hybridized carbons (Fsp3) is 0.160. The average Bonchev–Trinajstić information content (AvgIpc) is 2.74. The van der Waals surface area contributed by atoms with Crippen LogP contribution in [-0.4, -0.2) is 16.9 Å². The van der Waals surface area contributed by atoms with Crippen LogP contribution in [0.25, 0.3) is 0 Å². The van der Waals surface area contributed by atoms with E-state index in [0.29, 0.717) is 22.7 Å². The Balaban J connectivity index is 1.61. The van der Waals surface area contributed by atoms with Crippen molar-refractivity contribution >= 4 is 40.5 Å². The minimum atomic E-state index is -0.291. The van der Waals surface area contributed by atoms with Crippen LogP contribution < -0.4 is 16.0 Å². The highest BCUT2D eigenvalue weighted by Crippen LogP contribution is 2.16. The third-order valence-corrected chi connectivity index (χ3v) is 4.93. The van der Waals surface area contributed by atoms with Crippen molar-refractivity contribution in [2.75, 3.05) is 10.6 Å². The molecule has 0 aliphatic carbocycles. The first kappa shape index (κ1) is 22.2. The van der Waals surface area contributed by atoms with E-state index in [1.165, 1.54) is 0 Å². The summed E-state index contributed by atoms with van der Waals surface area (Å²) in [4.78, 5) is 25.0. The Hall–Kier alpha value is -3.51. The highest BCUT2D eigenvalue weighted by atomic mass is 32.1. The van der Waals surface area contributed by atoms with Gasteiger partial charge in [0.1, 0.15) is 0 Å². The van der Waals surface area contributed by atoms with E-state index in [9.17, 15) is 9.59 Å². The van der Waals surface area contributed by atoms with Gasteiger partial charge >= 0.3 is 0 Å². The number of thiocarbonyl (C=S) groups is 1.